The third-order valence-electron chi connectivity index (χ3n) is 2.06. The molecule has 0 aliphatic carbocycles. The molecule has 2 unspecified atom stereocenters. The van der Waals surface area contributed by atoms with Crippen LogP contribution in [0.25, 0.3) is 0 Å². The van der Waals surface area contributed by atoms with Crippen LogP contribution in [0.15, 0.2) is 30.3 Å². The summed E-state index contributed by atoms with van der Waals surface area (Å²) in [6.45, 7) is 2.16. The fourth-order valence-corrected chi connectivity index (χ4v) is 1.54. The minimum absolute atomic E-state index is 0.154. The summed E-state index contributed by atoms with van der Waals surface area (Å²) >= 11 is 1.80. The van der Waals surface area contributed by atoms with Gasteiger partial charge in [-0.05, 0) is 11.8 Å². The van der Waals surface area contributed by atoms with Crippen LogP contribution in [0.1, 0.15) is 18.5 Å². The second kappa shape index (κ2) is 4.53. The smallest absolute Gasteiger partial charge is 0.0412 e. The van der Waals surface area contributed by atoms with Gasteiger partial charge in [0.15, 0.2) is 0 Å². The van der Waals surface area contributed by atoms with Gasteiger partial charge in [-0.3, -0.25) is 0 Å². The molecule has 1 aromatic rings. The zero-order valence-corrected chi connectivity index (χ0v) is 8.34. The Labute approximate surface area is 78.4 Å². The molecule has 1 aromatic carbocycles. The van der Waals surface area contributed by atoms with E-state index >= 15 is 0 Å². The Morgan fingerprint density at radius 1 is 1.25 bits per heavy atom. The van der Waals surface area contributed by atoms with E-state index in [2.05, 4.69) is 25.3 Å². The van der Waals surface area contributed by atoms with Gasteiger partial charge in [0.2, 0.25) is 0 Å². The third kappa shape index (κ3) is 2.26. The van der Waals surface area contributed by atoms with Gasteiger partial charge in [-0.15, -0.1) is 0 Å². The predicted molar refractivity (Wildman–Crippen MR) is 56.3 cm³/mol. The quantitative estimate of drug-likeness (QED) is 0.775. The molecule has 0 saturated heterocycles. The highest BCUT2D eigenvalue weighted by molar-refractivity contribution is 7.99. The van der Waals surface area contributed by atoms with E-state index in [0.717, 1.165) is 0 Å². The Morgan fingerprint density at radius 2 is 1.83 bits per heavy atom. The molecule has 0 bridgehead atoms. The minimum atomic E-state index is 0.154. The van der Waals surface area contributed by atoms with E-state index in [1.54, 1.807) is 11.8 Å². The van der Waals surface area contributed by atoms with Gasteiger partial charge in [-0.2, -0.15) is 11.8 Å². The molecule has 0 aliphatic rings. The lowest BCUT2D eigenvalue weighted by molar-refractivity contribution is 0.716. The Balaban J connectivity index is 2.71. The summed E-state index contributed by atoms with van der Waals surface area (Å²) in [5.74, 6) is 0. The van der Waals surface area contributed by atoms with E-state index in [0.29, 0.717) is 5.25 Å². The van der Waals surface area contributed by atoms with Crippen molar-refractivity contribution in [1.29, 1.82) is 0 Å². The highest BCUT2D eigenvalue weighted by Gasteiger charge is 2.12. The minimum Gasteiger partial charge on any atom is -0.323 e. The lowest BCUT2D eigenvalue weighted by atomic mass is 10.1. The van der Waals surface area contributed by atoms with Gasteiger partial charge < -0.3 is 5.73 Å². The molecule has 0 fully saturated rings. The van der Waals surface area contributed by atoms with Crippen molar-refractivity contribution in [2.45, 2.75) is 18.2 Å². The molecule has 0 aromatic heterocycles. The van der Waals surface area contributed by atoms with E-state index in [-0.39, 0.29) is 6.04 Å². The molecule has 2 heteroatoms. The molecule has 12 heavy (non-hydrogen) atoms. The zero-order valence-electron chi connectivity index (χ0n) is 7.53. The van der Waals surface area contributed by atoms with Crippen LogP contribution < -0.4 is 5.73 Å². The number of thioether (sulfide) groups is 1. The van der Waals surface area contributed by atoms with E-state index in [4.69, 9.17) is 5.73 Å². The molecular weight excluding hydrogens is 166 g/mol. The van der Waals surface area contributed by atoms with Crippen molar-refractivity contribution < 1.29 is 0 Å². The first-order valence-electron chi connectivity index (χ1n) is 4.09. The van der Waals surface area contributed by atoms with Gasteiger partial charge >= 0.3 is 0 Å². The molecule has 0 spiro atoms. The van der Waals surface area contributed by atoms with Crippen LogP contribution in [-0.2, 0) is 0 Å². The van der Waals surface area contributed by atoms with Crippen molar-refractivity contribution in [3.05, 3.63) is 35.9 Å². The highest BCUT2D eigenvalue weighted by Crippen LogP contribution is 2.21. The maximum absolute atomic E-state index is 6.03. The van der Waals surface area contributed by atoms with Crippen molar-refractivity contribution in [2.24, 2.45) is 5.73 Å². The standard InChI is InChI=1S/C10H15NS/c1-8(12-2)10(11)9-6-4-3-5-7-9/h3-8,10H,11H2,1-2H3. The Morgan fingerprint density at radius 3 is 2.33 bits per heavy atom. The average Bonchev–Trinajstić information content (AvgIpc) is 2.17. The number of hydrogen-bond donors (Lipinski definition) is 1. The first-order valence-corrected chi connectivity index (χ1v) is 5.38. The second-order valence-electron chi connectivity index (χ2n) is 2.88. The lowest BCUT2D eigenvalue weighted by Gasteiger charge is -2.17. The van der Waals surface area contributed by atoms with Gasteiger partial charge in [-0.25, -0.2) is 0 Å². The molecule has 2 atom stereocenters. The predicted octanol–water partition coefficient (Wildman–Crippen LogP) is 2.44. The van der Waals surface area contributed by atoms with Crippen LogP contribution >= 0.6 is 11.8 Å². The number of nitrogens with two attached hydrogens (primary N) is 1. The maximum Gasteiger partial charge on any atom is 0.0412 e. The largest absolute Gasteiger partial charge is 0.323 e. The maximum atomic E-state index is 6.03. The normalized spacial score (nSPS) is 15.6. The van der Waals surface area contributed by atoms with Crippen molar-refractivity contribution in [2.75, 3.05) is 6.26 Å². The SMILES string of the molecule is CSC(C)C(N)c1ccccc1. The number of rotatable bonds is 3. The molecule has 1 nitrogen and oxygen atoms in total. The summed E-state index contributed by atoms with van der Waals surface area (Å²) in [6.07, 6.45) is 2.09. The first kappa shape index (κ1) is 9.62. The van der Waals surface area contributed by atoms with Gasteiger partial charge in [0.05, 0.1) is 0 Å². The Kier molecular flexibility index (Phi) is 3.63. The lowest BCUT2D eigenvalue weighted by Crippen LogP contribution is -2.20. The average molecular weight is 181 g/mol. The summed E-state index contributed by atoms with van der Waals surface area (Å²) in [7, 11) is 0. The van der Waals surface area contributed by atoms with Crippen molar-refractivity contribution in [3.8, 4) is 0 Å². The summed E-state index contributed by atoms with van der Waals surface area (Å²) < 4.78 is 0. The fourth-order valence-electron chi connectivity index (χ4n) is 1.09. The Bertz CT molecular complexity index is 223. The zero-order chi connectivity index (χ0) is 8.97. The highest BCUT2D eigenvalue weighted by atomic mass is 32.2. The second-order valence-corrected chi connectivity index (χ2v) is 4.09. The molecule has 0 aliphatic heterocycles. The van der Waals surface area contributed by atoms with Gasteiger partial charge in [0, 0.05) is 11.3 Å². The molecule has 2 N–H and O–H groups in total. The summed E-state index contributed by atoms with van der Waals surface area (Å²) in [5, 5.41) is 0.479. The van der Waals surface area contributed by atoms with E-state index in [1.165, 1.54) is 5.56 Å². The van der Waals surface area contributed by atoms with Crippen molar-refractivity contribution in [3.63, 3.8) is 0 Å². The van der Waals surface area contributed by atoms with Crippen molar-refractivity contribution in [1.82, 2.24) is 0 Å². The van der Waals surface area contributed by atoms with Crippen LogP contribution in [0.2, 0.25) is 0 Å². The van der Waals surface area contributed by atoms with Crippen LogP contribution in [0.5, 0.6) is 0 Å². The van der Waals surface area contributed by atoms with Crippen LogP contribution in [0.4, 0.5) is 0 Å². The molecule has 1 rings (SSSR count). The Hall–Kier alpha value is -0.470. The molecule has 0 heterocycles. The van der Waals surface area contributed by atoms with Crippen LogP contribution in [-0.4, -0.2) is 11.5 Å². The summed E-state index contributed by atoms with van der Waals surface area (Å²) in [4.78, 5) is 0. The van der Waals surface area contributed by atoms with Gasteiger partial charge in [-0.1, -0.05) is 37.3 Å². The number of hydrogen-bond acceptors (Lipinski definition) is 2. The number of benzene rings is 1. The topological polar surface area (TPSA) is 26.0 Å². The molecule has 0 saturated carbocycles. The summed E-state index contributed by atoms with van der Waals surface area (Å²) in [6, 6.07) is 10.4. The van der Waals surface area contributed by atoms with Crippen LogP contribution in [0, 0.1) is 0 Å². The first-order chi connectivity index (χ1) is 5.75. The fraction of sp³-hybridized carbons (Fsp3) is 0.400. The van der Waals surface area contributed by atoms with Crippen LogP contribution in [0.3, 0.4) is 0 Å². The van der Waals surface area contributed by atoms with E-state index < -0.39 is 0 Å². The van der Waals surface area contributed by atoms with E-state index in [1.807, 2.05) is 18.2 Å². The molecule has 0 radical (unpaired) electrons. The van der Waals surface area contributed by atoms with Gasteiger partial charge in [0.25, 0.3) is 0 Å². The van der Waals surface area contributed by atoms with Crippen molar-refractivity contribution >= 4 is 11.8 Å². The third-order valence-corrected chi connectivity index (χ3v) is 3.10. The van der Waals surface area contributed by atoms with E-state index in [9.17, 15) is 0 Å². The molecular formula is C10H15NS. The molecule has 0 amide bonds. The summed E-state index contributed by atoms with van der Waals surface area (Å²) in [5.41, 5.74) is 7.25. The molecule has 66 valence electrons. The van der Waals surface area contributed by atoms with Gasteiger partial charge in [0.1, 0.15) is 0 Å². The monoisotopic (exact) mass is 181 g/mol.